The number of benzene rings is 1. The topological polar surface area (TPSA) is 30.5 Å². The number of aryl methyl sites for hydroxylation is 1. The lowest BCUT2D eigenvalue weighted by Crippen LogP contribution is -2.19. The molecule has 0 amide bonds. The van der Waals surface area contributed by atoms with Crippen molar-refractivity contribution in [2.24, 2.45) is 5.92 Å². The summed E-state index contributed by atoms with van der Waals surface area (Å²) in [6.07, 6.45) is 0.932. The molecule has 0 saturated carbocycles. The SMILES string of the molecule is CCOCCCOc1c(C)cccc1CNCC(C)C. The first-order valence-electron chi connectivity index (χ1n) is 7.64. The molecule has 1 rings (SSSR count). The molecule has 0 aromatic heterocycles. The predicted molar refractivity (Wildman–Crippen MR) is 84.3 cm³/mol. The van der Waals surface area contributed by atoms with Crippen molar-refractivity contribution in [1.82, 2.24) is 5.32 Å². The first kappa shape index (κ1) is 17.0. The van der Waals surface area contributed by atoms with Crippen molar-refractivity contribution in [1.29, 1.82) is 0 Å². The van der Waals surface area contributed by atoms with E-state index in [1.165, 1.54) is 11.1 Å². The van der Waals surface area contributed by atoms with Crippen LogP contribution < -0.4 is 10.1 Å². The molecule has 1 aromatic carbocycles. The summed E-state index contributed by atoms with van der Waals surface area (Å²) in [6.45, 7) is 12.7. The highest BCUT2D eigenvalue weighted by Crippen LogP contribution is 2.23. The summed E-state index contributed by atoms with van der Waals surface area (Å²) in [5.74, 6) is 1.69. The van der Waals surface area contributed by atoms with Crippen LogP contribution in [0.2, 0.25) is 0 Å². The van der Waals surface area contributed by atoms with E-state index in [1.54, 1.807) is 0 Å². The molecule has 0 radical (unpaired) electrons. The maximum atomic E-state index is 5.95. The van der Waals surface area contributed by atoms with Crippen LogP contribution in [0.5, 0.6) is 5.75 Å². The molecule has 0 atom stereocenters. The van der Waals surface area contributed by atoms with Crippen molar-refractivity contribution in [3.8, 4) is 5.75 Å². The lowest BCUT2D eigenvalue weighted by atomic mass is 10.1. The molecule has 0 fully saturated rings. The lowest BCUT2D eigenvalue weighted by Gasteiger charge is -2.15. The van der Waals surface area contributed by atoms with Crippen LogP contribution in [0.25, 0.3) is 0 Å². The van der Waals surface area contributed by atoms with E-state index in [1.807, 2.05) is 6.92 Å². The summed E-state index contributed by atoms with van der Waals surface area (Å²) in [6, 6.07) is 6.33. The summed E-state index contributed by atoms with van der Waals surface area (Å²) in [7, 11) is 0. The van der Waals surface area contributed by atoms with Crippen molar-refractivity contribution < 1.29 is 9.47 Å². The van der Waals surface area contributed by atoms with Gasteiger partial charge in [-0.25, -0.2) is 0 Å². The van der Waals surface area contributed by atoms with Gasteiger partial charge in [0.05, 0.1) is 6.61 Å². The highest BCUT2D eigenvalue weighted by Gasteiger charge is 2.07. The predicted octanol–water partition coefficient (Wildman–Crippen LogP) is 3.55. The molecular formula is C17H29NO2. The van der Waals surface area contributed by atoms with Gasteiger partial charge in [-0.3, -0.25) is 0 Å². The minimum Gasteiger partial charge on any atom is -0.493 e. The molecule has 20 heavy (non-hydrogen) atoms. The van der Waals surface area contributed by atoms with E-state index in [0.717, 1.165) is 38.5 Å². The quantitative estimate of drug-likeness (QED) is 0.664. The van der Waals surface area contributed by atoms with E-state index >= 15 is 0 Å². The summed E-state index contributed by atoms with van der Waals surface area (Å²) < 4.78 is 11.3. The standard InChI is InChI=1S/C17H29NO2/c1-5-19-10-7-11-20-17-15(4)8-6-9-16(17)13-18-12-14(2)3/h6,8-9,14,18H,5,7,10-13H2,1-4H3. The van der Waals surface area contributed by atoms with Gasteiger partial charge in [-0.05, 0) is 31.9 Å². The minimum absolute atomic E-state index is 0.662. The van der Waals surface area contributed by atoms with Gasteiger partial charge in [0.2, 0.25) is 0 Å². The van der Waals surface area contributed by atoms with Crippen LogP contribution in [0.3, 0.4) is 0 Å². The number of nitrogens with one attached hydrogen (secondary N) is 1. The van der Waals surface area contributed by atoms with Gasteiger partial charge in [-0.1, -0.05) is 32.0 Å². The zero-order valence-electron chi connectivity index (χ0n) is 13.4. The van der Waals surface area contributed by atoms with E-state index in [0.29, 0.717) is 12.5 Å². The average molecular weight is 279 g/mol. The second-order valence-corrected chi connectivity index (χ2v) is 5.49. The van der Waals surface area contributed by atoms with Gasteiger partial charge in [-0.2, -0.15) is 0 Å². The molecule has 1 N–H and O–H groups in total. The largest absolute Gasteiger partial charge is 0.493 e. The molecule has 114 valence electrons. The Labute approximate surface area is 123 Å². The Hall–Kier alpha value is -1.06. The fraction of sp³-hybridized carbons (Fsp3) is 0.647. The van der Waals surface area contributed by atoms with Crippen molar-refractivity contribution in [2.75, 3.05) is 26.4 Å². The number of hydrogen-bond acceptors (Lipinski definition) is 3. The Morgan fingerprint density at radius 1 is 1.20 bits per heavy atom. The molecule has 0 unspecified atom stereocenters. The Bertz CT molecular complexity index is 377. The Kier molecular flexibility index (Phi) is 8.31. The average Bonchev–Trinajstić information content (AvgIpc) is 2.40. The van der Waals surface area contributed by atoms with Gasteiger partial charge in [-0.15, -0.1) is 0 Å². The second kappa shape index (κ2) is 9.78. The summed E-state index contributed by atoms with van der Waals surface area (Å²) >= 11 is 0. The van der Waals surface area contributed by atoms with Crippen molar-refractivity contribution in [3.63, 3.8) is 0 Å². The first-order chi connectivity index (χ1) is 9.65. The summed E-state index contributed by atoms with van der Waals surface area (Å²) in [4.78, 5) is 0. The third-order valence-electron chi connectivity index (χ3n) is 3.05. The third-order valence-corrected chi connectivity index (χ3v) is 3.05. The van der Waals surface area contributed by atoms with Crippen LogP contribution in [0, 0.1) is 12.8 Å². The van der Waals surface area contributed by atoms with E-state index in [2.05, 4.69) is 44.3 Å². The Morgan fingerprint density at radius 2 is 2.00 bits per heavy atom. The van der Waals surface area contributed by atoms with Crippen LogP contribution in [-0.2, 0) is 11.3 Å². The zero-order valence-corrected chi connectivity index (χ0v) is 13.4. The van der Waals surface area contributed by atoms with Gasteiger partial charge >= 0.3 is 0 Å². The maximum Gasteiger partial charge on any atom is 0.126 e. The van der Waals surface area contributed by atoms with Crippen molar-refractivity contribution in [2.45, 2.75) is 40.7 Å². The molecule has 0 bridgehead atoms. The summed E-state index contributed by atoms with van der Waals surface area (Å²) in [5.41, 5.74) is 2.44. The van der Waals surface area contributed by atoms with Crippen molar-refractivity contribution in [3.05, 3.63) is 29.3 Å². The first-order valence-corrected chi connectivity index (χ1v) is 7.64. The highest BCUT2D eigenvalue weighted by atomic mass is 16.5. The van der Waals surface area contributed by atoms with Crippen LogP contribution in [0.1, 0.15) is 38.3 Å². The fourth-order valence-electron chi connectivity index (χ4n) is 2.03. The molecule has 0 aliphatic carbocycles. The molecule has 3 nitrogen and oxygen atoms in total. The molecular weight excluding hydrogens is 250 g/mol. The van der Waals surface area contributed by atoms with Gasteiger partial charge in [0.15, 0.2) is 0 Å². The summed E-state index contributed by atoms with van der Waals surface area (Å²) in [5, 5.41) is 3.47. The smallest absolute Gasteiger partial charge is 0.126 e. The highest BCUT2D eigenvalue weighted by molar-refractivity contribution is 5.40. The van der Waals surface area contributed by atoms with Gasteiger partial charge < -0.3 is 14.8 Å². The molecule has 0 spiro atoms. The molecule has 0 aliphatic heterocycles. The van der Waals surface area contributed by atoms with Gasteiger partial charge in [0.25, 0.3) is 0 Å². The van der Waals surface area contributed by atoms with Crippen LogP contribution in [0.4, 0.5) is 0 Å². The molecule has 0 saturated heterocycles. The number of ether oxygens (including phenoxy) is 2. The normalized spacial score (nSPS) is 11.1. The number of rotatable bonds is 10. The molecule has 0 aliphatic rings. The van der Waals surface area contributed by atoms with E-state index < -0.39 is 0 Å². The lowest BCUT2D eigenvalue weighted by molar-refractivity contribution is 0.130. The van der Waals surface area contributed by atoms with E-state index in [4.69, 9.17) is 9.47 Å². The Balaban J connectivity index is 2.49. The van der Waals surface area contributed by atoms with Crippen molar-refractivity contribution >= 4 is 0 Å². The minimum atomic E-state index is 0.662. The van der Waals surface area contributed by atoms with Gasteiger partial charge in [0, 0.05) is 31.7 Å². The van der Waals surface area contributed by atoms with E-state index in [-0.39, 0.29) is 0 Å². The van der Waals surface area contributed by atoms with Crippen LogP contribution in [0.15, 0.2) is 18.2 Å². The number of para-hydroxylation sites is 1. The zero-order chi connectivity index (χ0) is 14.8. The second-order valence-electron chi connectivity index (χ2n) is 5.49. The molecule has 3 heteroatoms. The van der Waals surface area contributed by atoms with Crippen LogP contribution in [-0.4, -0.2) is 26.4 Å². The van der Waals surface area contributed by atoms with Crippen LogP contribution >= 0.6 is 0 Å². The fourth-order valence-corrected chi connectivity index (χ4v) is 2.03. The Morgan fingerprint density at radius 3 is 2.70 bits per heavy atom. The number of hydrogen-bond donors (Lipinski definition) is 1. The monoisotopic (exact) mass is 279 g/mol. The maximum absolute atomic E-state index is 5.95. The molecule has 1 aromatic rings. The third kappa shape index (κ3) is 6.40. The van der Waals surface area contributed by atoms with Gasteiger partial charge in [0.1, 0.15) is 5.75 Å². The molecule has 0 heterocycles. The van der Waals surface area contributed by atoms with E-state index in [9.17, 15) is 0 Å².